The van der Waals surface area contributed by atoms with E-state index in [0.29, 0.717) is 12.4 Å². The zero-order chi connectivity index (χ0) is 11.1. The number of aromatic nitrogens is 3. The number of nitrogens with two attached hydrogens (primary N) is 2. The Hall–Kier alpha value is -2.14. The van der Waals surface area contributed by atoms with E-state index in [2.05, 4.69) is 15.0 Å². The molecule has 0 radical (unpaired) electrons. The molecule has 0 aliphatic rings. The van der Waals surface area contributed by atoms with Crippen molar-refractivity contribution in [3.63, 3.8) is 0 Å². The van der Waals surface area contributed by atoms with Crippen molar-refractivity contribution in [2.45, 2.75) is 6.54 Å². The second-order valence-corrected chi connectivity index (χ2v) is 3.69. The highest BCUT2D eigenvalue weighted by Gasteiger charge is 2.08. The van der Waals surface area contributed by atoms with Crippen molar-refractivity contribution in [1.29, 1.82) is 0 Å². The van der Waals surface area contributed by atoms with E-state index in [1.807, 2.05) is 18.2 Å². The van der Waals surface area contributed by atoms with Gasteiger partial charge in [-0.15, -0.1) is 0 Å². The van der Waals surface area contributed by atoms with Crippen LogP contribution in [-0.2, 0) is 6.54 Å². The van der Waals surface area contributed by atoms with Crippen molar-refractivity contribution in [3.05, 3.63) is 30.1 Å². The molecular formula is C11H11N5. The topological polar surface area (TPSA) is 93.6 Å². The summed E-state index contributed by atoms with van der Waals surface area (Å²) < 4.78 is 0. The van der Waals surface area contributed by atoms with Crippen molar-refractivity contribution < 1.29 is 0 Å². The lowest BCUT2D eigenvalue weighted by Crippen LogP contribution is -1.95. The maximum absolute atomic E-state index is 5.78. The lowest BCUT2D eigenvalue weighted by atomic mass is 10.1. The molecule has 0 atom stereocenters. The van der Waals surface area contributed by atoms with Crippen LogP contribution in [0.4, 0.5) is 5.82 Å². The SMILES string of the molecule is NCc1ccc2[nH]c3c(N)ncnc3c2c1. The van der Waals surface area contributed by atoms with Crippen molar-refractivity contribution >= 4 is 27.8 Å². The van der Waals surface area contributed by atoms with Crippen LogP contribution < -0.4 is 11.5 Å². The standard InChI is InChI=1S/C11H11N5/c12-4-6-1-2-8-7(3-6)9-10(16-8)11(13)15-5-14-9/h1-3,5,16H,4,12H2,(H2,13,14,15). The summed E-state index contributed by atoms with van der Waals surface area (Å²) in [5.74, 6) is 0.468. The number of nitrogens with one attached hydrogen (secondary N) is 1. The summed E-state index contributed by atoms with van der Waals surface area (Å²) >= 11 is 0. The van der Waals surface area contributed by atoms with Crippen molar-refractivity contribution in [3.8, 4) is 0 Å². The van der Waals surface area contributed by atoms with Crippen molar-refractivity contribution in [1.82, 2.24) is 15.0 Å². The molecule has 16 heavy (non-hydrogen) atoms. The van der Waals surface area contributed by atoms with Gasteiger partial charge in [-0.1, -0.05) is 6.07 Å². The van der Waals surface area contributed by atoms with Gasteiger partial charge in [0.25, 0.3) is 0 Å². The van der Waals surface area contributed by atoms with E-state index in [1.54, 1.807) is 0 Å². The molecule has 0 saturated carbocycles. The number of nitrogens with zero attached hydrogens (tertiary/aromatic N) is 2. The minimum Gasteiger partial charge on any atom is -0.382 e. The van der Waals surface area contributed by atoms with Crippen molar-refractivity contribution in [2.75, 3.05) is 5.73 Å². The number of rotatable bonds is 1. The Balaban J connectivity index is 2.47. The number of hydrogen-bond donors (Lipinski definition) is 3. The highest BCUT2D eigenvalue weighted by Crippen LogP contribution is 2.26. The quantitative estimate of drug-likeness (QED) is 0.565. The summed E-state index contributed by atoms with van der Waals surface area (Å²) in [5, 5.41) is 1.03. The Kier molecular flexibility index (Phi) is 1.81. The normalized spacial score (nSPS) is 11.3. The Morgan fingerprint density at radius 2 is 2.12 bits per heavy atom. The molecule has 0 aliphatic heterocycles. The van der Waals surface area contributed by atoms with Crippen LogP contribution in [0.25, 0.3) is 21.9 Å². The Morgan fingerprint density at radius 1 is 1.25 bits per heavy atom. The largest absolute Gasteiger partial charge is 0.382 e. The van der Waals surface area contributed by atoms with Crippen LogP contribution in [0.3, 0.4) is 0 Å². The van der Waals surface area contributed by atoms with E-state index in [0.717, 1.165) is 27.5 Å². The molecule has 1 aromatic carbocycles. The number of aromatic amines is 1. The maximum Gasteiger partial charge on any atom is 0.151 e. The first-order valence-electron chi connectivity index (χ1n) is 5.00. The molecule has 2 aromatic heterocycles. The van der Waals surface area contributed by atoms with Crippen molar-refractivity contribution in [2.24, 2.45) is 5.73 Å². The molecule has 2 heterocycles. The summed E-state index contributed by atoms with van der Waals surface area (Å²) in [6.07, 6.45) is 1.47. The summed E-state index contributed by atoms with van der Waals surface area (Å²) in [5.41, 5.74) is 15.1. The summed E-state index contributed by atoms with van der Waals surface area (Å²) in [6, 6.07) is 6.00. The molecule has 3 rings (SSSR count). The zero-order valence-electron chi connectivity index (χ0n) is 8.57. The first-order valence-corrected chi connectivity index (χ1v) is 5.00. The average Bonchev–Trinajstić information content (AvgIpc) is 2.68. The molecule has 0 bridgehead atoms. The fraction of sp³-hybridized carbons (Fsp3) is 0.0909. The van der Waals surface area contributed by atoms with E-state index >= 15 is 0 Å². The number of fused-ring (bicyclic) bond motifs is 3. The first kappa shape index (κ1) is 9.11. The minimum absolute atomic E-state index is 0.468. The van der Waals surface area contributed by atoms with Crippen LogP contribution in [0, 0.1) is 0 Å². The molecule has 0 saturated heterocycles. The van der Waals surface area contributed by atoms with Crippen LogP contribution in [0.1, 0.15) is 5.56 Å². The number of benzene rings is 1. The van der Waals surface area contributed by atoms with Crippen LogP contribution in [0.2, 0.25) is 0 Å². The van der Waals surface area contributed by atoms with Gasteiger partial charge in [0.05, 0.1) is 0 Å². The summed E-state index contributed by atoms with van der Waals surface area (Å²) in [7, 11) is 0. The number of nitrogen functional groups attached to an aromatic ring is 1. The molecule has 3 aromatic rings. The van der Waals surface area contributed by atoms with Gasteiger partial charge in [0.1, 0.15) is 17.4 Å². The van der Waals surface area contributed by atoms with Gasteiger partial charge in [-0.3, -0.25) is 0 Å². The number of hydrogen-bond acceptors (Lipinski definition) is 4. The van der Waals surface area contributed by atoms with E-state index < -0.39 is 0 Å². The highest BCUT2D eigenvalue weighted by atomic mass is 14.9. The van der Waals surface area contributed by atoms with Crippen LogP contribution in [0.5, 0.6) is 0 Å². The smallest absolute Gasteiger partial charge is 0.151 e. The summed E-state index contributed by atoms with van der Waals surface area (Å²) in [4.78, 5) is 11.4. The van der Waals surface area contributed by atoms with Gasteiger partial charge >= 0.3 is 0 Å². The first-order chi connectivity index (χ1) is 7.79. The Bertz CT molecular complexity index is 670. The van der Waals surface area contributed by atoms with Gasteiger partial charge < -0.3 is 16.5 Å². The molecular weight excluding hydrogens is 202 g/mol. The Morgan fingerprint density at radius 3 is 2.94 bits per heavy atom. The molecule has 0 fully saturated rings. The fourth-order valence-electron chi connectivity index (χ4n) is 1.88. The van der Waals surface area contributed by atoms with Gasteiger partial charge in [0, 0.05) is 17.4 Å². The third-order valence-electron chi connectivity index (χ3n) is 2.71. The number of anilines is 1. The van der Waals surface area contributed by atoms with Gasteiger partial charge in [-0.05, 0) is 17.7 Å². The predicted molar refractivity (Wildman–Crippen MR) is 63.7 cm³/mol. The molecule has 5 heteroatoms. The predicted octanol–water partition coefficient (Wildman–Crippen LogP) is 1.15. The second-order valence-electron chi connectivity index (χ2n) is 3.69. The molecule has 80 valence electrons. The van der Waals surface area contributed by atoms with Gasteiger partial charge in [-0.25, -0.2) is 9.97 Å². The van der Waals surface area contributed by atoms with Crippen LogP contribution in [0.15, 0.2) is 24.5 Å². The van der Waals surface area contributed by atoms with Gasteiger partial charge in [0.15, 0.2) is 5.82 Å². The maximum atomic E-state index is 5.78. The lowest BCUT2D eigenvalue weighted by Gasteiger charge is -1.96. The fourth-order valence-corrected chi connectivity index (χ4v) is 1.88. The molecule has 0 aliphatic carbocycles. The monoisotopic (exact) mass is 213 g/mol. The zero-order valence-corrected chi connectivity index (χ0v) is 8.57. The van der Waals surface area contributed by atoms with Gasteiger partial charge in [-0.2, -0.15) is 0 Å². The number of H-pyrrole nitrogens is 1. The second kappa shape index (κ2) is 3.18. The molecule has 0 spiro atoms. The van der Waals surface area contributed by atoms with E-state index in [1.165, 1.54) is 6.33 Å². The average molecular weight is 213 g/mol. The van der Waals surface area contributed by atoms with E-state index in [9.17, 15) is 0 Å². The lowest BCUT2D eigenvalue weighted by molar-refractivity contribution is 1.08. The Labute approximate surface area is 91.5 Å². The molecule has 5 N–H and O–H groups in total. The molecule has 0 unspecified atom stereocenters. The van der Waals surface area contributed by atoms with Crippen LogP contribution in [-0.4, -0.2) is 15.0 Å². The van der Waals surface area contributed by atoms with Crippen LogP contribution >= 0.6 is 0 Å². The van der Waals surface area contributed by atoms with E-state index in [-0.39, 0.29) is 0 Å². The third kappa shape index (κ3) is 1.15. The molecule has 5 nitrogen and oxygen atoms in total. The molecule has 0 amide bonds. The minimum atomic E-state index is 0.468. The van der Waals surface area contributed by atoms with Gasteiger partial charge in [0.2, 0.25) is 0 Å². The highest BCUT2D eigenvalue weighted by molar-refractivity contribution is 6.07. The summed E-state index contributed by atoms with van der Waals surface area (Å²) in [6.45, 7) is 0.517. The third-order valence-corrected chi connectivity index (χ3v) is 2.71. The van der Waals surface area contributed by atoms with E-state index in [4.69, 9.17) is 11.5 Å².